The Morgan fingerprint density at radius 3 is 2.89 bits per heavy atom. The van der Waals surface area contributed by atoms with Crippen LogP contribution < -0.4 is 10.6 Å². The maximum Gasteiger partial charge on any atom is 0.418 e. The van der Waals surface area contributed by atoms with Crippen LogP contribution in [0.3, 0.4) is 0 Å². The van der Waals surface area contributed by atoms with Gasteiger partial charge in [0.25, 0.3) is 0 Å². The molecule has 1 fully saturated rings. The third-order valence-corrected chi connectivity index (χ3v) is 4.83. The summed E-state index contributed by atoms with van der Waals surface area (Å²) in [5.74, 6) is -0.733. The zero-order chi connectivity index (χ0) is 19.7. The Hall–Kier alpha value is -2.94. The lowest BCUT2D eigenvalue weighted by molar-refractivity contribution is -0.137. The standard InChI is InChI=1S/C19H18F3N5O/c20-19(21,22)14-8-12(16-11-27-7-6-24-17(27)10-25-16)3-4-15(14)26-18(28)13-2-1-5-23-9-13/h3-4,6-8,10-11,13,23H,1-2,5,9H2,(H,26,28). The number of benzene rings is 1. The summed E-state index contributed by atoms with van der Waals surface area (Å²) in [7, 11) is 0. The molecule has 0 saturated carbocycles. The summed E-state index contributed by atoms with van der Waals surface area (Å²) in [4.78, 5) is 20.6. The van der Waals surface area contributed by atoms with Crippen LogP contribution in [0, 0.1) is 5.92 Å². The van der Waals surface area contributed by atoms with Crippen molar-refractivity contribution in [3.8, 4) is 11.3 Å². The largest absolute Gasteiger partial charge is 0.418 e. The lowest BCUT2D eigenvalue weighted by Crippen LogP contribution is -2.37. The Morgan fingerprint density at radius 1 is 1.29 bits per heavy atom. The predicted octanol–water partition coefficient (Wildman–Crippen LogP) is 3.35. The average molecular weight is 389 g/mol. The van der Waals surface area contributed by atoms with Crippen LogP contribution in [0.2, 0.25) is 0 Å². The summed E-state index contributed by atoms with van der Waals surface area (Å²) in [5.41, 5.74) is 0.153. The van der Waals surface area contributed by atoms with Gasteiger partial charge in [0, 0.05) is 30.7 Å². The summed E-state index contributed by atoms with van der Waals surface area (Å²) in [6.07, 6.45) is 3.26. The first kappa shape index (κ1) is 18.4. The smallest absolute Gasteiger partial charge is 0.325 e. The number of alkyl halides is 3. The predicted molar refractivity (Wildman–Crippen MR) is 97.6 cm³/mol. The van der Waals surface area contributed by atoms with Crippen molar-refractivity contribution in [3.05, 3.63) is 48.5 Å². The molecule has 1 saturated heterocycles. The molecule has 1 aliphatic rings. The number of hydrogen-bond acceptors (Lipinski definition) is 4. The van der Waals surface area contributed by atoms with Gasteiger partial charge in [-0.2, -0.15) is 13.2 Å². The fraction of sp³-hybridized carbons (Fsp3) is 0.316. The van der Waals surface area contributed by atoms with Crippen LogP contribution in [0.25, 0.3) is 16.9 Å². The van der Waals surface area contributed by atoms with E-state index in [1.165, 1.54) is 18.3 Å². The number of carbonyl (C=O) groups is 1. The molecule has 2 N–H and O–H groups in total. The van der Waals surface area contributed by atoms with Crippen molar-refractivity contribution in [2.24, 2.45) is 5.92 Å². The van der Waals surface area contributed by atoms with E-state index in [4.69, 9.17) is 0 Å². The van der Waals surface area contributed by atoms with Crippen LogP contribution in [0.15, 0.2) is 43.0 Å². The molecular formula is C19H18F3N5O. The van der Waals surface area contributed by atoms with Gasteiger partial charge in [-0.1, -0.05) is 6.07 Å². The zero-order valence-corrected chi connectivity index (χ0v) is 14.8. The molecular weight excluding hydrogens is 371 g/mol. The van der Waals surface area contributed by atoms with Gasteiger partial charge in [-0.15, -0.1) is 0 Å². The summed E-state index contributed by atoms with van der Waals surface area (Å²) >= 11 is 0. The Kier molecular flexibility index (Phi) is 4.76. The van der Waals surface area contributed by atoms with Gasteiger partial charge >= 0.3 is 6.18 Å². The number of piperidine rings is 1. The molecule has 1 aliphatic heterocycles. The highest BCUT2D eigenvalue weighted by Crippen LogP contribution is 2.37. The fourth-order valence-corrected chi connectivity index (χ4v) is 3.33. The summed E-state index contributed by atoms with van der Waals surface area (Å²) in [5, 5.41) is 5.55. The molecule has 146 valence electrons. The lowest BCUT2D eigenvalue weighted by atomic mass is 9.98. The van der Waals surface area contributed by atoms with E-state index < -0.39 is 17.6 Å². The molecule has 0 aliphatic carbocycles. The first-order valence-corrected chi connectivity index (χ1v) is 8.94. The van der Waals surface area contributed by atoms with Crippen LogP contribution in [0.5, 0.6) is 0 Å². The minimum atomic E-state index is -4.61. The molecule has 0 bridgehead atoms. The number of rotatable bonds is 3. The monoisotopic (exact) mass is 389 g/mol. The maximum absolute atomic E-state index is 13.6. The SMILES string of the molecule is O=C(Nc1ccc(-c2cn3ccnc3cn2)cc1C(F)(F)F)C1CCCNC1. The minimum Gasteiger partial charge on any atom is -0.325 e. The molecule has 28 heavy (non-hydrogen) atoms. The van der Waals surface area contributed by atoms with Crippen LogP contribution in [-0.2, 0) is 11.0 Å². The molecule has 3 aromatic rings. The van der Waals surface area contributed by atoms with Crippen molar-refractivity contribution < 1.29 is 18.0 Å². The number of halogens is 3. The topological polar surface area (TPSA) is 71.3 Å². The highest BCUT2D eigenvalue weighted by Gasteiger charge is 2.35. The quantitative estimate of drug-likeness (QED) is 0.721. The van der Waals surface area contributed by atoms with Crippen LogP contribution in [0.1, 0.15) is 18.4 Å². The second-order valence-electron chi connectivity index (χ2n) is 6.76. The molecule has 2 aromatic heterocycles. The summed E-state index contributed by atoms with van der Waals surface area (Å²) in [6, 6.07) is 3.82. The van der Waals surface area contributed by atoms with Crippen molar-refractivity contribution in [2.75, 3.05) is 18.4 Å². The molecule has 3 heterocycles. The molecule has 1 atom stereocenters. The molecule has 0 radical (unpaired) electrons. The van der Waals surface area contributed by atoms with Crippen molar-refractivity contribution in [1.29, 1.82) is 0 Å². The molecule has 0 spiro atoms. The Morgan fingerprint density at radius 2 is 2.14 bits per heavy atom. The van der Waals surface area contributed by atoms with Crippen molar-refractivity contribution in [1.82, 2.24) is 19.7 Å². The van der Waals surface area contributed by atoms with E-state index in [0.29, 0.717) is 29.9 Å². The number of anilines is 1. The third-order valence-electron chi connectivity index (χ3n) is 4.83. The van der Waals surface area contributed by atoms with Gasteiger partial charge in [-0.3, -0.25) is 9.78 Å². The van der Waals surface area contributed by atoms with E-state index in [9.17, 15) is 18.0 Å². The Bertz CT molecular complexity index is 1010. The number of nitrogens with zero attached hydrogens (tertiary/aromatic N) is 3. The van der Waals surface area contributed by atoms with E-state index >= 15 is 0 Å². The second kappa shape index (κ2) is 7.23. The molecule has 6 nitrogen and oxygen atoms in total. The summed E-state index contributed by atoms with van der Waals surface area (Å²) in [6.45, 7) is 1.29. The number of carbonyl (C=O) groups excluding carboxylic acids is 1. The first-order chi connectivity index (χ1) is 13.4. The number of imidazole rings is 1. The molecule has 1 amide bonds. The first-order valence-electron chi connectivity index (χ1n) is 8.94. The summed E-state index contributed by atoms with van der Waals surface area (Å²) < 4.78 is 42.6. The Balaban J connectivity index is 1.66. The number of aromatic nitrogens is 3. The molecule has 1 aromatic carbocycles. The lowest BCUT2D eigenvalue weighted by Gasteiger charge is -2.23. The second-order valence-corrected chi connectivity index (χ2v) is 6.76. The number of fused-ring (bicyclic) bond motifs is 1. The van der Waals surface area contributed by atoms with Crippen molar-refractivity contribution in [2.45, 2.75) is 19.0 Å². The number of nitrogens with one attached hydrogen (secondary N) is 2. The molecule has 4 rings (SSSR count). The number of hydrogen-bond donors (Lipinski definition) is 2. The van der Waals surface area contributed by atoms with Gasteiger partial charge in [-0.25, -0.2) is 4.98 Å². The Labute approximate surface area is 158 Å². The van der Waals surface area contributed by atoms with Gasteiger partial charge in [-0.05, 0) is 31.5 Å². The van der Waals surface area contributed by atoms with E-state index in [1.807, 2.05) is 0 Å². The van der Waals surface area contributed by atoms with E-state index in [1.54, 1.807) is 23.0 Å². The van der Waals surface area contributed by atoms with Crippen LogP contribution in [0.4, 0.5) is 18.9 Å². The normalized spacial score (nSPS) is 17.6. The van der Waals surface area contributed by atoms with E-state index in [0.717, 1.165) is 19.0 Å². The van der Waals surface area contributed by atoms with Gasteiger partial charge < -0.3 is 15.0 Å². The van der Waals surface area contributed by atoms with E-state index in [2.05, 4.69) is 20.6 Å². The third kappa shape index (κ3) is 3.70. The minimum absolute atomic E-state index is 0.240. The van der Waals surface area contributed by atoms with Crippen LogP contribution >= 0.6 is 0 Å². The van der Waals surface area contributed by atoms with Gasteiger partial charge in [0.1, 0.15) is 0 Å². The van der Waals surface area contributed by atoms with Crippen LogP contribution in [-0.4, -0.2) is 33.4 Å². The van der Waals surface area contributed by atoms with Crippen molar-refractivity contribution in [3.63, 3.8) is 0 Å². The van der Waals surface area contributed by atoms with Crippen molar-refractivity contribution >= 4 is 17.2 Å². The number of amides is 1. The van der Waals surface area contributed by atoms with Gasteiger partial charge in [0.2, 0.25) is 5.91 Å². The fourth-order valence-electron chi connectivity index (χ4n) is 3.33. The highest BCUT2D eigenvalue weighted by molar-refractivity contribution is 5.94. The average Bonchev–Trinajstić information content (AvgIpc) is 3.16. The van der Waals surface area contributed by atoms with Gasteiger partial charge in [0.15, 0.2) is 5.65 Å². The zero-order valence-electron chi connectivity index (χ0n) is 14.8. The molecule has 9 heteroatoms. The molecule has 1 unspecified atom stereocenters. The van der Waals surface area contributed by atoms with E-state index in [-0.39, 0.29) is 11.6 Å². The highest BCUT2D eigenvalue weighted by atomic mass is 19.4. The van der Waals surface area contributed by atoms with Gasteiger partial charge in [0.05, 0.1) is 29.1 Å². The maximum atomic E-state index is 13.6.